The Bertz CT molecular complexity index is 300. The van der Waals surface area contributed by atoms with Crippen molar-refractivity contribution in [1.29, 1.82) is 0 Å². The van der Waals surface area contributed by atoms with Crippen molar-refractivity contribution in [2.24, 2.45) is 0 Å². The van der Waals surface area contributed by atoms with E-state index < -0.39 is 0 Å². The summed E-state index contributed by atoms with van der Waals surface area (Å²) in [5, 5.41) is 2.86. The Hall–Kier alpha value is -1.36. The van der Waals surface area contributed by atoms with Gasteiger partial charge in [-0.25, -0.2) is 4.98 Å². The van der Waals surface area contributed by atoms with E-state index in [1.807, 2.05) is 13.8 Å². The summed E-state index contributed by atoms with van der Waals surface area (Å²) >= 11 is 0. The number of nitrogens with one attached hydrogen (secondary N) is 1. The molecule has 0 atom stereocenters. The molecule has 5 heteroatoms. The molecular formula is C9H14N2O3. The monoisotopic (exact) mass is 198 g/mol. The van der Waals surface area contributed by atoms with Crippen LogP contribution < -0.4 is 5.32 Å². The Morgan fingerprint density at radius 3 is 2.79 bits per heavy atom. The van der Waals surface area contributed by atoms with E-state index in [2.05, 4.69) is 15.0 Å². The van der Waals surface area contributed by atoms with Gasteiger partial charge >= 0.3 is 5.97 Å². The van der Waals surface area contributed by atoms with Crippen molar-refractivity contribution < 1.29 is 13.9 Å². The average molecular weight is 198 g/mol. The van der Waals surface area contributed by atoms with Gasteiger partial charge in [0.15, 0.2) is 0 Å². The van der Waals surface area contributed by atoms with Gasteiger partial charge in [-0.05, 0) is 13.8 Å². The maximum Gasteiger partial charge on any atom is 0.319 e. The lowest BCUT2D eigenvalue weighted by Gasteiger charge is -1.99. The molecule has 1 N–H and O–H groups in total. The predicted molar refractivity (Wildman–Crippen MR) is 49.7 cm³/mol. The zero-order chi connectivity index (χ0) is 10.6. The maximum absolute atomic E-state index is 10.7. The fourth-order valence-electron chi connectivity index (χ4n) is 0.958. The van der Waals surface area contributed by atoms with E-state index in [1.165, 1.54) is 7.11 Å². The molecule has 1 aromatic heterocycles. The minimum Gasteiger partial charge on any atom is -0.468 e. The Morgan fingerprint density at radius 1 is 1.57 bits per heavy atom. The van der Waals surface area contributed by atoms with Gasteiger partial charge < -0.3 is 9.15 Å². The standard InChI is InChI=1S/C9H14N2O3/c1-6-7(2)14-8(11-6)4-10-5-9(12)13-3/h10H,4-5H2,1-3H3. The number of aromatic nitrogens is 1. The van der Waals surface area contributed by atoms with E-state index in [4.69, 9.17) is 4.42 Å². The van der Waals surface area contributed by atoms with Crippen molar-refractivity contribution in [2.45, 2.75) is 20.4 Å². The van der Waals surface area contributed by atoms with Crippen molar-refractivity contribution in [3.05, 3.63) is 17.3 Å². The highest BCUT2D eigenvalue weighted by atomic mass is 16.5. The number of carbonyl (C=O) groups excluding carboxylic acids is 1. The second-order valence-corrected chi connectivity index (χ2v) is 2.93. The summed E-state index contributed by atoms with van der Waals surface area (Å²) in [4.78, 5) is 14.9. The number of methoxy groups -OCH3 is 1. The fraction of sp³-hybridized carbons (Fsp3) is 0.556. The van der Waals surface area contributed by atoms with Gasteiger partial charge in [-0.15, -0.1) is 0 Å². The zero-order valence-corrected chi connectivity index (χ0v) is 8.59. The van der Waals surface area contributed by atoms with Crippen LogP contribution in [0.25, 0.3) is 0 Å². The molecule has 78 valence electrons. The Kier molecular flexibility index (Phi) is 3.64. The molecule has 1 aromatic rings. The molecule has 0 aliphatic rings. The lowest BCUT2D eigenvalue weighted by atomic mass is 10.4. The summed E-state index contributed by atoms with van der Waals surface area (Å²) in [5.74, 6) is 1.09. The van der Waals surface area contributed by atoms with Crippen molar-refractivity contribution in [2.75, 3.05) is 13.7 Å². The molecule has 14 heavy (non-hydrogen) atoms. The topological polar surface area (TPSA) is 64.4 Å². The Balaban J connectivity index is 2.35. The second-order valence-electron chi connectivity index (χ2n) is 2.93. The van der Waals surface area contributed by atoms with Crippen LogP contribution in [0.1, 0.15) is 17.3 Å². The molecule has 0 aliphatic carbocycles. The third-order valence-corrected chi connectivity index (χ3v) is 1.85. The van der Waals surface area contributed by atoms with Gasteiger partial charge in [0.2, 0.25) is 5.89 Å². The minimum atomic E-state index is -0.301. The molecule has 0 spiro atoms. The number of aryl methyl sites for hydroxylation is 2. The fourth-order valence-corrected chi connectivity index (χ4v) is 0.958. The number of rotatable bonds is 4. The minimum absolute atomic E-state index is 0.164. The highest BCUT2D eigenvalue weighted by Gasteiger charge is 2.05. The van der Waals surface area contributed by atoms with Gasteiger partial charge in [-0.3, -0.25) is 10.1 Å². The van der Waals surface area contributed by atoms with Crippen molar-refractivity contribution >= 4 is 5.97 Å². The molecule has 0 aromatic carbocycles. The number of hydrogen-bond donors (Lipinski definition) is 1. The van der Waals surface area contributed by atoms with Gasteiger partial charge in [0.25, 0.3) is 0 Å². The van der Waals surface area contributed by atoms with Crippen LogP contribution in [-0.2, 0) is 16.1 Å². The lowest BCUT2D eigenvalue weighted by Crippen LogP contribution is -2.23. The summed E-state index contributed by atoms with van der Waals surface area (Å²) in [6.07, 6.45) is 0. The number of esters is 1. The summed E-state index contributed by atoms with van der Waals surface area (Å²) in [5.41, 5.74) is 0.875. The molecule has 0 radical (unpaired) electrons. The molecule has 5 nitrogen and oxygen atoms in total. The van der Waals surface area contributed by atoms with Crippen LogP contribution in [-0.4, -0.2) is 24.6 Å². The second kappa shape index (κ2) is 4.76. The van der Waals surface area contributed by atoms with Crippen molar-refractivity contribution in [3.8, 4) is 0 Å². The summed E-state index contributed by atoms with van der Waals surface area (Å²) < 4.78 is 9.77. The van der Waals surface area contributed by atoms with Gasteiger partial charge in [-0.2, -0.15) is 0 Å². The number of carbonyl (C=O) groups is 1. The highest BCUT2D eigenvalue weighted by molar-refractivity contribution is 5.71. The van der Waals surface area contributed by atoms with Crippen LogP contribution in [0.15, 0.2) is 4.42 Å². The first-order valence-electron chi connectivity index (χ1n) is 4.34. The van der Waals surface area contributed by atoms with E-state index >= 15 is 0 Å². The van der Waals surface area contributed by atoms with E-state index in [9.17, 15) is 4.79 Å². The van der Waals surface area contributed by atoms with E-state index in [1.54, 1.807) is 0 Å². The Labute approximate surface area is 82.5 Å². The van der Waals surface area contributed by atoms with Crippen LogP contribution in [0, 0.1) is 13.8 Å². The molecule has 0 unspecified atom stereocenters. The maximum atomic E-state index is 10.7. The van der Waals surface area contributed by atoms with Crippen LogP contribution >= 0.6 is 0 Å². The first kappa shape index (κ1) is 10.7. The Morgan fingerprint density at radius 2 is 2.29 bits per heavy atom. The molecule has 0 saturated carbocycles. The van der Waals surface area contributed by atoms with E-state index in [0.717, 1.165) is 11.5 Å². The average Bonchev–Trinajstić information content (AvgIpc) is 2.46. The predicted octanol–water partition coefficient (Wildman–Crippen LogP) is 0.554. The first-order valence-corrected chi connectivity index (χ1v) is 4.34. The third-order valence-electron chi connectivity index (χ3n) is 1.85. The van der Waals surface area contributed by atoms with Gasteiger partial charge in [0.05, 0.1) is 25.9 Å². The normalized spacial score (nSPS) is 10.2. The number of ether oxygens (including phenoxy) is 1. The van der Waals surface area contributed by atoms with E-state index in [-0.39, 0.29) is 12.5 Å². The largest absolute Gasteiger partial charge is 0.468 e. The molecule has 0 saturated heterocycles. The van der Waals surface area contributed by atoms with Crippen molar-refractivity contribution in [3.63, 3.8) is 0 Å². The molecule has 0 bridgehead atoms. The summed E-state index contributed by atoms with van der Waals surface area (Å²) in [6.45, 7) is 4.33. The smallest absolute Gasteiger partial charge is 0.319 e. The molecular weight excluding hydrogens is 184 g/mol. The van der Waals surface area contributed by atoms with Crippen LogP contribution in [0.2, 0.25) is 0 Å². The van der Waals surface area contributed by atoms with Crippen molar-refractivity contribution in [1.82, 2.24) is 10.3 Å². The number of hydrogen-bond acceptors (Lipinski definition) is 5. The van der Waals surface area contributed by atoms with Gasteiger partial charge in [0, 0.05) is 0 Å². The van der Waals surface area contributed by atoms with Crippen LogP contribution in [0.4, 0.5) is 0 Å². The van der Waals surface area contributed by atoms with Gasteiger partial charge in [-0.1, -0.05) is 0 Å². The first-order chi connectivity index (χ1) is 6.63. The highest BCUT2D eigenvalue weighted by Crippen LogP contribution is 2.07. The summed E-state index contributed by atoms with van der Waals surface area (Å²) in [6, 6.07) is 0. The lowest BCUT2D eigenvalue weighted by molar-refractivity contribution is -0.139. The van der Waals surface area contributed by atoms with Crippen LogP contribution in [0.5, 0.6) is 0 Å². The summed E-state index contributed by atoms with van der Waals surface area (Å²) in [7, 11) is 1.35. The number of nitrogens with zero attached hydrogens (tertiary/aromatic N) is 1. The number of oxazole rings is 1. The van der Waals surface area contributed by atoms with E-state index in [0.29, 0.717) is 12.4 Å². The molecule has 0 amide bonds. The molecule has 1 rings (SSSR count). The van der Waals surface area contributed by atoms with Gasteiger partial charge in [0.1, 0.15) is 5.76 Å². The zero-order valence-electron chi connectivity index (χ0n) is 8.59. The molecule has 1 heterocycles. The molecule has 0 aliphatic heterocycles. The quantitative estimate of drug-likeness (QED) is 0.716. The SMILES string of the molecule is COC(=O)CNCc1nc(C)c(C)o1. The van der Waals surface area contributed by atoms with Crippen LogP contribution in [0.3, 0.4) is 0 Å². The molecule has 0 fully saturated rings. The third kappa shape index (κ3) is 2.85.